The summed E-state index contributed by atoms with van der Waals surface area (Å²) >= 11 is 0. The van der Waals surface area contributed by atoms with Gasteiger partial charge in [0.05, 0.1) is 0 Å². The first-order valence-electron chi connectivity index (χ1n) is 7.68. The van der Waals surface area contributed by atoms with E-state index in [9.17, 15) is 0 Å². The molecule has 2 rings (SSSR count). The average Bonchev–Trinajstić information content (AvgIpc) is 3.12. The summed E-state index contributed by atoms with van der Waals surface area (Å²) in [5.41, 5.74) is 0. The molecule has 17 heavy (non-hydrogen) atoms. The van der Waals surface area contributed by atoms with Gasteiger partial charge in [0, 0.05) is 18.6 Å². The topological polar surface area (TPSA) is 15.3 Å². The van der Waals surface area contributed by atoms with Gasteiger partial charge in [-0.15, -0.1) is 0 Å². The highest BCUT2D eigenvalue weighted by Gasteiger charge is 2.35. The highest BCUT2D eigenvalue weighted by molar-refractivity contribution is 4.90. The van der Waals surface area contributed by atoms with Gasteiger partial charge in [-0.25, -0.2) is 0 Å². The molecule has 1 N–H and O–H groups in total. The van der Waals surface area contributed by atoms with Crippen LogP contribution in [0.4, 0.5) is 0 Å². The SMILES string of the molecule is CCC(C1CC1)N1CCCC(CNC(C)C)C1. The first-order chi connectivity index (χ1) is 8.20. The van der Waals surface area contributed by atoms with E-state index in [0.29, 0.717) is 6.04 Å². The van der Waals surface area contributed by atoms with Crippen LogP contribution in [-0.4, -0.2) is 36.6 Å². The highest BCUT2D eigenvalue weighted by atomic mass is 15.2. The molecule has 0 spiro atoms. The summed E-state index contributed by atoms with van der Waals surface area (Å²) in [5, 5.41) is 3.61. The molecule has 2 aliphatic rings. The minimum absolute atomic E-state index is 0.635. The van der Waals surface area contributed by atoms with Crippen LogP contribution in [0.2, 0.25) is 0 Å². The molecule has 1 aliphatic carbocycles. The molecule has 2 atom stereocenters. The molecule has 0 radical (unpaired) electrons. The second-order valence-electron chi connectivity index (χ2n) is 6.38. The monoisotopic (exact) mass is 238 g/mol. The molecule has 0 bridgehead atoms. The van der Waals surface area contributed by atoms with Crippen LogP contribution >= 0.6 is 0 Å². The molecule has 1 saturated heterocycles. The molecule has 0 aromatic heterocycles. The minimum Gasteiger partial charge on any atom is -0.314 e. The Bertz CT molecular complexity index is 223. The average molecular weight is 238 g/mol. The van der Waals surface area contributed by atoms with Gasteiger partial charge in [-0.05, 0) is 57.0 Å². The van der Waals surface area contributed by atoms with Crippen LogP contribution < -0.4 is 5.32 Å². The zero-order chi connectivity index (χ0) is 12.3. The molecule has 100 valence electrons. The predicted molar refractivity (Wildman–Crippen MR) is 74.2 cm³/mol. The fourth-order valence-electron chi connectivity index (χ4n) is 3.34. The Kier molecular flexibility index (Phi) is 4.87. The van der Waals surface area contributed by atoms with Crippen LogP contribution in [0.1, 0.15) is 52.9 Å². The number of nitrogens with zero attached hydrogens (tertiary/aromatic N) is 1. The summed E-state index contributed by atoms with van der Waals surface area (Å²) in [7, 11) is 0. The van der Waals surface area contributed by atoms with Crippen LogP contribution in [0.3, 0.4) is 0 Å². The van der Waals surface area contributed by atoms with Crippen LogP contribution in [0.15, 0.2) is 0 Å². The fraction of sp³-hybridized carbons (Fsp3) is 1.00. The molecular weight excluding hydrogens is 208 g/mol. The lowest BCUT2D eigenvalue weighted by Gasteiger charge is -2.38. The lowest BCUT2D eigenvalue weighted by Crippen LogP contribution is -2.46. The van der Waals surface area contributed by atoms with Crippen LogP contribution in [0.5, 0.6) is 0 Å². The molecule has 1 saturated carbocycles. The van der Waals surface area contributed by atoms with E-state index < -0.39 is 0 Å². The summed E-state index contributed by atoms with van der Waals surface area (Å²) in [6, 6.07) is 1.53. The number of rotatable bonds is 6. The maximum absolute atomic E-state index is 3.61. The first kappa shape index (κ1) is 13.4. The zero-order valence-electron chi connectivity index (χ0n) is 11.9. The third kappa shape index (κ3) is 3.96. The molecule has 0 aromatic rings. The van der Waals surface area contributed by atoms with Crippen LogP contribution in [-0.2, 0) is 0 Å². The molecule has 0 amide bonds. The second-order valence-corrected chi connectivity index (χ2v) is 6.38. The minimum atomic E-state index is 0.635. The van der Waals surface area contributed by atoms with Gasteiger partial charge in [0.2, 0.25) is 0 Å². The van der Waals surface area contributed by atoms with Gasteiger partial charge in [-0.3, -0.25) is 4.90 Å². The summed E-state index contributed by atoms with van der Waals surface area (Å²) < 4.78 is 0. The largest absolute Gasteiger partial charge is 0.314 e. The first-order valence-corrected chi connectivity index (χ1v) is 7.68. The number of hydrogen-bond acceptors (Lipinski definition) is 2. The van der Waals surface area contributed by atoms with E-state index in [1.807, 2.05) is 0 Å². The van der Waals surface area contributed by atoms with Gasteiger partial charge in [-0.1, -0.05) is 20.8 Å². The lowest BCUT2D eigenvalue weighted by atomic mass is 9.94. The molecule has 0 aromatic carbocycles. The molecule has 1 heterocycles. The number of nitrogens with one attached hydrogen (secondary N) is 1. The lowest BCUT2D eigenvalue weighted by molar-refractivity contribution is 0.105. The number of likely N-dealkylation sites (tertiary alicyclic amines) is 1. The third-order valence-electron chi connectivity index (χ3n) is 4.42. The zero-order valence-corrected chi connectivity index (χ0v) is 11.9. The molecule has 1 aliphatic heterocycles. The Balaban J connectivity index is 1.79. The summed E-state index contributed by atoms with van der Waals surface area (Å²) in [6.45, 7) is 10.8. The summed E-state index contributed by atoms with van der Waals surface area (Å²) in [5.74, 6) is 1.93. The predicted octanol–water partition coefficient (Wildman–Crippen LogP) is 2.89. The van der Waals surface area contributed by atoms with Crippen LogP contribution in [0, 0.1) is 11.8 Å². The van der Waals surface area contributed by atoms with Crippen molar-refractivity contribution >= 4 is 0 Å². The number of piperidine rings is 1. The van der Waals surface area contributed by atoms with Crippen molar-refractivity contribution in [3.8, 4) is 0 Å². The van der Waals surface area contributed by atoms with E-state index in [1.54, 1.807) is 0 Å². The molecule has 2 nitrogen and oxygen atoms in total. The standard InChI is InChI=1S/C15H30N2/c1-4-15(14-7-8-14)17-9-5-6-13(11-17)10-16-12(2)3/h12-16H,4-11H2,1-3H3. The van der Waals surface area contributed by atoms with E-state index in [2.05, 4.69) is 31.0 Å². The summed E-state index contributed by atoms with van der Waals surface area (Å²) in [4.78, 5) is 2.80. The van der Waals surface area contributed by atoms with Gasteiger partial charge in [-0.2, -0.15) is 0 Å². The second kappa shape index (κ2) is 6.19. The van der Waals surface area contributed by atoms with Gasteiger partial charge in [0.25, 0.3) is 0 Å². The van der Waals surface area contributed by atoms with E-state index in [4.69, 9.17) is 0 Å². The van der Waals surface area contributed by atoms with E-state index in [0.717, 1.165) is 17.9 Å². The molecular formula is C15H30N2. The van der Waals surface area contributed by atoms with E-state index >= 15 is 0 Å². The van der Waals surface area contributed by atoms with E-state index in [1.165, 1.54) is 51.7 Å². The Labute approximate surface area is 107 Å². The van der Waals surface area contributed by atoms with Gasteiger partial charge in [0.1, 0.15) is 0 Å². The fourth-order valence-corrected chi connectivity index (χ4v) is 3.34. The number of hydrogen-bond donors (Lipinski definition) is 1. The maximum atomic E-state index is 3.61. The molecule has 2 heteroatoms. The highest BCUT2D eigenvalue weighted by Crippen LogP contribution is 2.38. The van der Waals surface area contributed by atoms with Gasteiger partial charge in [0.15, 0.2) is 0 Å². The normalized spacial score (nSPS) is 28.6. The Hall–Kier alpha value is -0.0800. The van der Waals surface area contributed by atoms with Crippen molar-refractivity contribution in [1.29, 1.82) is 0 Å². The van der Waals surface area contributed by atoms with Crippen molar-refractivity contribution in [2.24, 2.45) is 11.8 Å². The van der Waals surface area contributed by atoms with E-state index in [-0.39, 0.29) is 0 Å². The van der Waals surface area contributed by atoms with Crippen molar-refractivity contribution in [2.45, 2.75) is 65.0 Å². The Morgan fingerprint density at radius 3 is 2.59 bits per heavy atom. The third-order valence-corrected chi connectivity index (χ3v) is 4.42. The van der Waals surface area contributed by atoms with Crippen molar-refractivity contribution in [3.05, 3.63) is 0 Å². The van der Waals surface area contributed by atoms with Crippen molar-refractivity contribution in [2.75, 3.05) is 19.6 Å². The van der Waals surface area contributed by atoms with Crippen molar-refractivity contribution in [1.82, 2.24) is 10.2 Å². The van der Waals surface area contributed by atoms with Gasteiger partial charge < -0.3 is 5.32 Å². The quantitative estimate of drug-likeness (QED) is 0.765. The van der Waals surface area contributed by atoms with Crippen molar-refractivity contribution in [3.63, 3.8) is 0 Å². The van der Waals surface area contributed by atoms with Crippen LogP contribution in [0.25, 0.3) is 0 Å². The Morgan fingerprint density at radius 1 is 1.24 bits per heavy atom. The van der Waals surface area contributed by atoms with Crippen molar-refractivity contribution < 1.29 is 0 Å². The van der Waals surface area contributed by atoms with Gasteiger partial charge >= 0.3 is 0 Å². The molecule has 2 fully saturated rings. The molecule has 2 unspecified atom stereocenters. The summed E-state index contributed by atoms with van der Waals surface area (Å²) in [6.07, 6.45) is 7.17. The maximum Gasteiger partial charge on any atom is 0.0121 e. The smallest absolute Gasteiger partial charge is 0.0121 e. The Morgan fingerprint density at radius 2 is 2.00 bits per heavy atom.